The number of carbonyl (C=O) groups is 2. The molecule has 5 nitrogen and oxygen atoms in total. The molecule has 0 saturated heterocycles. The summed E-state index contributed by atoms with van der Waals surface area (Å²) in [4.78, 5) is 28.1. The molecule has 1 amide bonds. The number of aromatic amines is 1. The van der Waals surface area contributed by atoms with E-state index in [0.29, 0.717) is 11.3 Å². The number of para-hydroxylation sites is 1. The van der Waals surface area contributed by atoms with Crippen LogP contribution in [0.4, 0.5) is 5.69 Å². The maximum absolute atomic E-state index is 13.0. The molecule has 0 bridgehead atoms. The van der Waals surface area contributed by atoms with E-state index in [1.807, 2.05) is 45.0 Å². The average molecular weight is 350 g/mol. The van der Waals surface area contributed by atoms with Gasteiger partial charge in [0.25, 0.3) is 0 Å². The third kappa shape index (κ3) is 3.08. The number of benzene rings is 2. The molecular weight excluding hydrogens is 328 g/mol. The quantitative estimate of drug-likeness (QED) is 0.694. The lowest BCUT2D eigenvalue weighted by molar-refractivity contribution is -0.120. The van der Waals surface area contributed by atoms with Crippen molar-refractivity contribution < 1.29 is 14.3 Å². The fourth-order valence-corrected chi connectivity index (χ4v) is 3.32. The van der Waals surface area contributed by atoms with Gasteiger partial charge >= 0.3 is 5.97 Å². The number of ether oxygens (including phenoxy) is 1. The SMILES string of the molecule is COC(=O)c1cccc(NC(=O)C(C)(C)c2c(C)[nH]c3ccccc23)c1. The molecule has 26 heavy (non-hydrogen) atoms. The number of fused-ring (bicyclic) bond motifs is 1. The number of methoxy groups -OCH3 is 1. The summed E-state index contributed by atoms with van der Waals surface area (Å²) in [5.74, 6) is -0.583. The Labute approximate surface area is 152 Å². The van der Waals surface area contributed by atoms with Gasteiger partial charge in [-0.25, -0.2) is 4.79 Å². The predicted octanol–water partition coefficient (Wildman–Crippen LogP) is 4.18. The second kappa shape index (κ2) is 6.67. The first-order valence-electron chi connectivity index (χ1n) is 8.42. The number of carbonyl (C=O) groups excluding carboxylic acids is 2. The predicted molar refractivity (Wildman–Crippen MR) is 102 cm³/mol. The smallest absolute Gasteiger partial charge is 0.337 e. The third-order valence-corrected chi connectivity index (χ3v) is 4.63. The largest absolute Gasteiger partial charge is 0.465 e. The fraction of sp³-hybridized carbons (Fsp3) is 0.238. The van der Waals surface area contributed by atoms with Gasteiger partial charge in [0.1, 0.15) is 0 Å². The normalized spacial score (nSPS) is 11.4. The van der Waals surface area contributed by atoms with Crippen molar-refractivity contribution in [2.45, 2.75) is 26.2 Å². The summed E-state index contributed by atoms with van der Waals surface area (Å²) in [7, 11) is 1.33. The molecule has 3 aromatic rings. The van der Waals surface area contributed by atoms with E-state index in [0.717, 1.165) is 22.2 Å². The van der Waals surface area contributed by atoms with E-state index < -0.39 is 11.4 Å². The zero-order valence-corrected chi connectivity index (χ0v) is 15.3. The van der Waals surface area contributed by atoms with Crippen LogP contribution < -0.4 is 5.32 Å². The molecule has 0 aliphatic rings. The van der Waals surface area contributed by atoms with Crippen LogP contribution in [-0.2, 0) is 14.9 Å². The molecule has 2 aromatic carbocycles. The molecule has 0 atom stereocenters. The number of hydrogen-bond donors (Lipinski definition) is 2. The summed E-state index contributed by atoms with van der Waals surface area (Å²) in [6, 6.07) is 14.7. The van der Waals surface area contributed by atoms with Crippen molar-refractivity contribution in [1.82, 2.24) is 4.98 Å². The summed E-state index contributed by atoms with van der Waals surface area (Å²) in [5.41, 5.74) is 3.14. The molecule has 0 saturated carbocycles. The van der Waals surface area contributed by atoms with Crippen LogP contribution >= 0.6 is 0 Å². The monoisotopic (exact) mass is 350 g/mol. The highest BCUT2D eigenvalue weighted by Gasteiger charge is 2.34. The van der Waals surface area contributed by atoms with Crippen molar-refractivity contribution >= 4 is 28.5 Å². The molecule has 3 rings (SSSR count). The van der Waals surface area contributed by atoms with E-state index in [-0.39, 0.29) is 5.91 Å². The highest BCUT2D eigenvalue weighted by atomic mass is 16.5. The van der Waals surface area contributed by atoms with Crippen LogP contribution in [0.5, 0.6) is 0 Å². The zero-order valence-electron chi connectivity index (χ0n) is 15.3. The molecule has 134 valence electrons. The van der Waals surface area contributed by atoms with Gasteiger partial charge in [0.15, 0.2) is 0 Å². The third-order valence-electron chi connectivity index (χ3n) is 4.63. The van der Waals surface area contributed by atoms with Crippen molar-refractivity contribution in [3.05, 3.63) is 65.4 Å². The maximum Gasteiger partial charge on any atom is 0.337 e. The molecule has 2 N–H and O–H groups in total. The summed E-state index contributed by atoms with van der Waals surface area (Å²) >= 11 is 0. The highest BCUT2D eigenvalue weighted by Crippen LogP contribution is 2.34. The van der Waals surface area contributed by atoms with E-state index in [2.05, 4.69) is 10.3 Å². The molecule has 0 unspecified atom stereocenters. The standard InChI is InChI=1S/C21H22N2O3/c1-13-18(16-10-5-6-11-17(16)22-13)21(2,3)20(25)23-15-9-7-8-14(12-15)19(24)26-4/h5-12,22H,1-4H3,(H,23,25). The number of aromatic nitrogens is 1. The van der Waals surface area contributed by atoms with Gasteiger partial charge in [-0.1, -0.05) is 24.3 Å². The van der Waals surface area contributed by atoms with E-state index in [1.165, 1.54) is 7.11 Å². The molecule has 0 fully saturated rings. The molecular formula is C21H22N2O3. The first-order valence-corrected chi connectivity index (χ1v) is 8.42. The van der Waals surface area contributed by atoms with Crippen molar-refractivity contribution in [3.8, 4) is 0 Å². The second-order valence-electron chi connectivity index (χ2n) is 6.82. The number of anilines is 1. The van der Waals surface area contributed by atoms with Crippen LogP contribution in [0.1, 0.15) is 35.5 Å². The van der Waals surface area contributed by atoms with E-state index in [4.69, 9.17) is 4.74 Å². The Balaban J connectivity index is 1.93. The summed E-state index contributed by atoms with van der Waals surface area (Å²) in [5, 5.41) is 3.96. The molecule has 0 radical (unpaired) electrons. The lowest BCUT2D eigenvalue weighted by Gasteiger charge is -2.25. The van der Waals surface area contributed by atoms with Crippen molar-refractivity contribution in [3.63, 3.8) is 0 Å². The van der Waals surface area contributed by atoms with Crippen molar-refractivity contribution in [2.24, 2.45) is 0 Å². The fourth-order valence-electron chi connectivity index (χ4n) is 3.32. The number of esters is 1. The molecule has 0 aliphatic heterocycles. The number of aryl methyl sites for hydroxylation is 1. The Morgan fingerprint density at radius 2 is 1.81 bits per heavy atom. The topological polar surface area (TPSA) is 71.2 Å². The van der Waals surface area contributed by atoms with Gasteiger partial charge in [0.05, 0.1) is 18.1 Å². The number of nitrogens with one attached hydrogen (secondary N) is 2. The first kappa shape index (κ1) is 17.7. The van der Waals surface area contributed by atoms with Crippen molar-refractivity contribution in [1.29, 1.82) is 0 Å². The van der Waals surface area contributed by atoms with E-state index in [1.54, 1.807) is 24.3 Å². The second-order valence-corrected chi connectivity index (χ2v) is 6.82. The van der Waals surface area contributed by atoms with Gasteiger partial charge in [-0.15, -0.1) is 0 Å². The minimum Gasteiger partial charge on any atom is -0.465 e. The van der Waals surface area contributed by atoms with Gasteiger partial charge in [-0.3, -0.25) is 4.79 Å². The van der Waals surface area contributed by atoms with Crippen LogP contribution in [0.2, 0.25) is 0 Å². The average Bonchev–Trinajstić information content (AvgIpc) is 2.97. The van der Waals surface area contributed by atoms with E-state index in [9.17, 15) is 9.59 Å². The number of amides is 1. The van der Waals surface area contributed by atoms with E-state index >= 15 is 0 Å². The molecule has 1 aromatic heterocycles. The Morgan fingerprint density at radius 1 is 1.08 bits per heavy atom. The zero-order chi connectivity index (χ0) is 18.9. The highest BCUT2D eigenvalue weighted by molar-refractivity contribution is 6.03. The van der Waals surface area contributed by atoms with Crippen molar-refractivity contribution in [2.75, 3.05) is 12.4 Å². The van der Waals surface area contributed by atoms with Crippen LogP contribution in [0.3, 0.4) is 0 Å². The Bertz CT molecular complexity index is 986. The summed E-state index contributed by atoms with van der Waals surface area (Å²) < 4.78 is 4.73. The summed E-state index contributed by atoms with van der Waals surface area (Å²) in [6.07, 6.45) is 0. The number of hydrogen-bond acceptors (Lipinski definition) is 3. The Kier molecular flexibility index (Phi) is 4.55. The lowest BCUT2D eigenvalue weighted by Crippen LogP contribution is -2.35. The maximum atomic E-state index is 13.0. The van der Waals surface area contributed by atoms with Gasteiger partial charge in [0, 0.05) is 22.3 Å². The molecule has 0 spiro atoms. The summed E-state index contributed by atoms with van der Waals surface area (Å²) in [6.45, 7) is 5.77. The lowest BCUT2D eigenvalue weighted by atomic mass is 9.81. The first-order chi connectivity index (χ1) is 12.3. The Hall–Kier alpha value is -3.08. The van der Waals surface area contributed by atoms with Crippen LogP contribution in [0.15, 0.2) is 48.5 Å². The van der Waals surface area contributed by atoms with Gasteiger partial charge in [-0.05, 0) is 50.6 Å². The van der Waals surface area contributed by atoms with Gasteiger partial charge in [0.2, 0.25) is 5.91 Å². The molecule has 1 heterocycles. The van der Waals surface area contributed by atoms with Gasteiger partial charge < -0.3 is 15.0 Å². The number of rotatable bonds is 4. The molecule has 5 heteroatoms. The van der Waals surface area contributed by atoms with Crippen LogP contribution in [0, 0.1) is 6.92 Å². The molecule has 0 aliphatic carbocycles. The number of H-pyrrole nitrogens is 1. The Morgan fingerprint density at radius 3 is 2.54 bits per heavy atom. The minimum absolute atomic E-state index is 0.146. The van der Waals surface area contributed by atoms with Crippen LogP contribution in [0.25, 0.3) is 10.9 Å². The van der Waals surface area contributed by atoms with Gasteiger partial charge in [-0.2, -0.15) is 0 Å². The van der Waals surface area contributed by atoms with Crippen LogP contribution in [-0.4, -0.2) is 24.0 Å². The minimum atomic E-state index is -0.759.